The van der Waals surface area contributed by atoms with E-state index in [1.54, 1.807) is 14.0 Å². The van der Waals surface area contributed by atoms with Crippen LogP contribution in [0.3, 0.4) is 0 Å². The first-order chi connectivity index (χ1) is 12.5. The van der Waals surface area contributed by atoms with Crippen molar-refractivity contribution < 1.29 is 14.3 Å². The van der Waals surface area contributed by atoms with Gasteiger partial charge in [0, 0.05) is 6.54 Å². The Labute approximate surface area is 154 Å². The number of ether oxygens (including phenoxy) is 2. The smallest absolute Gasteiger partial charge is 0.262 e. The molecule has 3 rings (SSSR count). The molecule has 0 aliphatic rings. The molecule has 136 valence electrons. The number of aromatic nitrogens is 2. The summed E-state index contributed by atoms with van der Waals surface area (Å²) in [4.78, 5) is 29.3. The van der Waals surface area contributed by atoms with E-state index in [-0.39, 0.29) is 5.56 Å². The van der Waals surface area contributed by atoms with Crippen molar-refractivity contribution >= 4 is 27.5 Å². The largest absolute Gasteiger partial charge is 0.497 e. The lowest BCUT2D eigenvalue weighted by Crippen LogP contribution is -2.21. The van der Waals surface area contributed by atoms with Crippen LogP contribution in [0.1, 0.15) is 21.7 Å². The number of nitrogens with two attached hydrogens (primary N) is 1. The van der Waals surface area contributed by atoms with E-state index in [2.05, 4.69) is 4.98 Å². The Balaban J connectivity index is 1.67. The Morgan fingerprint density at radius 3 is 2.62 bits per heavy atom. The number of methoxy groups -OCH3 is 1. The van der Waals surface area contributed by atoms with Gasteiger partial charge in [0.1, 0.15) is 16.3 Å². The maximum atomic E-state index is 12.6. The minimum Gasteiger partial charge on any atom is -0.497 e. The minimum atomic E-state index is -0.538. The summed E-state index contributed by atoms with van der Waals surface area (Å²) in [5, 5.41) is 0.461. The van der Waals surface area contributed by atoms with Crippen molar-refractivity contribution in [2.45, 2.75) is 19.9 Å². The lowest BCUT2D eigenvalue weighted by atomic mass is 10.2. The van der Waals surface area contributed by atoms with E-state index in [0.29, 0.717) is 40.2 Å². The molecule has 1 aromatic carbocycles. The number of nitrogens with zero attached hydrogens (tertiary/aromatic N) is 2. The Hall–Kier alpha value is -2.87. The first-order valence-electron chi connectivity index (χ1n) is 8.06. The van der Waals surface area contributed by atoms with Gasteiger partial charge < -0.3 is 15.2 Å². The van der Waals surface area contributed by atoms with Crippen molar-refractivity contribution in [3.8, 4) is 11.5 Å². The molecular weight excluding hydrogens is 354 g/mol. The van der Waals surface area contributed by atoms with E-state index >= 15 is 0 Å². The number of rotatable bonds is 7. The zero-order valence-corrected chi connectivity index (χ0v) is 15.3. The highest BCUT2D eigenvalue weighted by molar-refractivity contribution is 7.20. The Kier molecular flexibility index (Phi) is 5.22. The van der Waals surface area contributed by atoms with Gasteiger partial charge in [0.2, 0.25) is 0 Å². The van der Waals surface area contributed by atoms with Crippen LogP contribution >= 0.6 is 11.3 Å². The summed E-state index contributed by atoms with van der Waals surface area (Å²) in [6.07, 6.45) is 2.14. The maximum absolute atomic E-state index is 12.6. The Morgan fingerprint density at radius 2 is 1.96 bits per heavy atom. The molecule has 1 amide bonds. The van der Waals surface area contributed by atoms with Crippen molar-refractivity contribution in [1.82, 2.24) is 9.55 Å². The fraction of sp³-hybridized carbons (Fsp3) is 0.278. The first-order valence-corrected chi connectivity index (χ1v) is 8.88. The fourth-order valence-electron chi connectivity index (χ4n) is 2.65. The van der Waals surface area contributed by atoms with Crippen molar-refractivity contribution in [2.24, 2.45) is 5.73 Å². The predicted molar refractivity (Wildman–Crippen MR) is 100 cm³/mol. The second-order valence-electron chi connectivity index (χ2n) is 5.72. The zero-order valence-electron chi connectivity index (χ0n) is 14.5. The van der Waals surface area contributed by atoms with Gasteiger partial charge in [0.15, 0.2) is 0 Å². The molecule has 0 aliphatic carbocycles. The third kappa shape index (κ3) is 3.55. The second-order valence-corrected chi connectivity index (χ2v) is 6.72. The number of thiophene rings is 1. The summed E-state index contributed by atoms with van der Waals surface area (Å²) >= 11 is 1.15. The van der Waals surface area contributed by atoms with Gasteiger partial charge in [-0.2, -0.15) is 0 Å². The average molecular weight is 373 g/mol. The van der Waals surface area contributed by atoms with E-state index in [4.69, 9.17) is 15.2 Å². The number of carbonyl (C=O) groups excluding carboxylic acids is 1. The average Bonchev–Trinajstić information content (AvgIpc) is 2.98. The van der Waals surface area contributed by atoms with Crippen molar-refractivity contribution in [1.29, 1.82) is 0 Å². The van der Waals surface area contributed by atoms with Crippen LogP contribution in [-0.2, 0) is 6.54 Å². The molecule has 2 aromatic heterocycles. The molecule has 0 atom stereocenters. The molecule has 0 bridgehead atoms. The Morgan fingerprint density at radius 1 is 1.27 bits per heavy atom. The Bertz CT molecular complexity index is 992. The molecule has 3 aromatic rings. The molecule has 8 heteroatoms. The number of carbonyl (C=O) groups is 1. The molecule has 0 aliphatic heterocycles. The molecule has 0 unspecified atom stereocenters. The van der Waals surface area contributed by atoms with Crippen LogP contribution in [0.5, 0.6) is 11.5 Å². The standard InChI is InChI=1S/C18H19N3O4S/c1-11-14-17(26-15(11)16(19)22)20-10-21(18(14)23)8-3-9-25-13-6-4-12(24-2)5-7-13/h4-7,10H,3,8-9H2,1-2H3,(H2,19,22). The number of hydrogen-bond donors (Lipinski definition) is 1. The highest BCUT2D eigenvalue weighted by atomic mass is 32.1. The van der Waals surface area contributed by atoms with Gasteiger partial charge in [-0.25, -0.2) is 4.98 Å². The molecular formula is C18H19N3O4S. The van der Waals surface area contributed by atoms with E-state index in [0.717, 1.165) is 22.8 Å². The van der Waals surface area contributed by atoms with Gasteiger partial charge in [-0.3, -0.25) is 14.2 Å². The molecule has 26 heavy (non-hydrogen) atoms. The van der Waals surface area contributed by atoms with E-state index < -0.39 is 5.91 Å². The summed E-state index contributed by atoms with van der Waals surface area (Å²) in [5.41, 5.74) is 5.78. The predicted octanol–water partition coefficient (Wildman–Crippen LogP) is 2.34. The number of fused-ring (bicyclic) bond motifs is 1. The lowest BCUT2D eigenvalue weighted by molar-refractivity contribution is 0.100. The summed E-state index contributed by atoms with van der Waals surface area (Å²) < 4.78 is 12.3. The number of benzene rings is 1. The van der Waals surface area contributed by atoms with Gasteiger partial charge in [-0.15, -0.1) is 11.3 Å². The van der Waals surface area contributed by atoms with Crippen molar-refractivity contribution in [2.75, 3.05) is 13.7 Å². The van der Waals surface area contributed by atoms with Gasteiger partial charge >= 0.3 is 0 Å². The normalized spacial score (nSPS) is 10.8. The molecule has 2 heterocycles. The first kappa shape index (κ1) is 17.9. The van der Waals surface area contributed by atoms with Gasteiger partial charge in [0.05, 0.1) is 30.3 Å². The minimum absolute atomic E-state index is 0.166. The molecule has 2 N–H and O–H groups in total. The van der Waals surface area contributed by atoms with E-state index in [1.165, 1.54) is 10.9 Å². The summed E-state index contributed by atoms with van der Waals surface area (Å²) in [5.74, 6) is 0.973. The number of amides is 1. The van der Waals surface area contributed by atoms with Crippen LogP contribution in [0.4, 0.5) is 0 Å². The molecule has 7 nitrogen and oxygen atoms in total. The summed E-state index contributed by atoms with van der Waals surface area (Å²) in [6, 6.07) is 7.32. The zero-order chi connectivity index (χ0) is 18.7. The van der Waals surface area contributed by atoms with Crippen molar-refractivity contribution in [3.63, 3.8) is 0 Å². The van der Waals surface area contributed by atoms with Crippen LogP contribution in [0.25, 0.3) is 10.2 Å². The number of hydrogen-bond acceptors (Lipinski definition) is 6. The highest BCUT2D eigenvalue weighted by Gasteiger charge is 2.17. The molecule has 0 radical (unpaired) electrons. The van der Waals surface area contributed by atoms with Gasteiger partial charge in [0.25, 0.3) is 11.5 Å². The topological polar surface area (TPSA) is 96.4 Å². The number of primary amides is 1. The van der Waals surface area contributed by atoms with Crippen LogP contribution < -0.4 is 20.8 Å². The third-order valence-corrected chi connectivity index (χ3v) is 5.23. The van der Waals surface area contributed by atoms with Crippen molar-refractivity contribution in [3.05, 3.63) is 51.4 Å². The van der Waals surface area contributed by atoms with Crippen LogP contribution in [0.2, 0.25) is 0 Å². The maximum Gasteiger partial charge on any atom is 0.262 e. The number of aryl methyl sites for hydroxylation is 2. The lowest BCUT2D eigenvalue weighted by Gasteiger charge is -2.08. The third-order valence-electron chi connectivity index (χ3n) is 4.01. The van der Waals surface area contributed by atoms with E-state index in [9.17, 15) is 9.59 Å². The van der Waals surface area contributed by atoms with Crippen LogP contribution in [0.15, 0.2) is 35.4 Å². The quantitative estimate of drug-likeness (QED) is 0.641. The SMILES string of the molecule is COc1ccc(OCCCn2cnc3sc(C(N)=O)c(C)c3c2=O)cc1. The van der Waals surface area contributed by atoms with Gasteiger partial charge in [-0.05, 0) is 43.2 Å². The molecule has 0 fully saturated rings. The van der Waals surface area contributed by atoms with Crippen LogP contribution in [-0.4, -0.2) is 29.2 Å². The molecule has 0 saturated heterocycles. The summed E-state index contributed by atoms with van der Waals surface area (Å²) in [6.45, 7) is 2.66. The molecule has 0 spiro atoms. The highest BCUT2D eigenvalue weighted by Crippen LogP contribution is 2.26. The monoisotopic (exact) mass is 373 g/mol. The fourth-order valence-corrected chi connectivity index (χ4v) is 3.64. The van der Waals surface area contributed by atoms with Gasteiger partial charge in [-0.1, -0.05) is 0 Å². The molecule has 0 saturated carbocycles. The second kappa shape index (κ2) is 7.57. The summed E-state index contributed by atoms with van der Waals surface area (Å²) in [7, 11) is 1.61. The van der Waals surface area contributed by atoms with E-state index in [1.807, 2.05) is 24.3 Å². The van der Waals surface area contributed by atoms with Crippen LogP contribution in [0, 0.1) is 6.92 Å².